The van der Waals surface area contributed by atoms with Crippen molar-refractivity contribution < 1.29 is 9.53 Å². The van der Waals surface area contributed by atoms with E-state index >= 15 is 0 Å². The molecule has 0 aliphatic heterocycles. The van der Waals surface area contributed by atoms with Crippen LogP contribution in [0.2, 0.25) is 0 Å². The second-order valence-corrected chi connectivity index (χ2v) is 6.46. The number of carbonyl (C=O) groups is 1. The van der Waals surface area contributed by atoms with E-state index in [-0.39, 0.29) is 5.78 Å². The Morgan fingerprint density at radius 3 is 2.41 bits per heavy atom. The van der Waals surface area contributed by atoms with Crippen molar-refractivity contribution in [1.82, 2.24) is 9.38 Å². The predicted molar refractivity (Wildman–Crippen MR) is 106 cm³/mol. The van der Waals surface area contributed by atoms with Crippen LogP contribution in [-0.2, 0) is 6.42 Å². The Kier molecular flexibility index (Phi) is 4.71. The number of para-hydroxylation sites is 1. The van der Waals surface area contributed by atoms with E-state index < -0.39 is 0 Å². The summed E-state index contributed by atoms with van der Waals surface area (Å²) in [5, 5.41) is 0. The van der Waals surface area contributed by atoms with Crippen molar-refractivity contribution in [2.45, 2.75) is 19.8 Å². The number of nitrogens with zero attached hydrogens (tertiary/aromatic N) is 2. The van der Waals surface area contributed by atoms with E-state index in [0.29, 0.717) is 18.5 Å². The number of Topliss-reactive ketones (excluding diaryl/α,β-unsaturated/α-hetero) is 1. The highest BCUT2D eigenvalue weighted by molar-refractivity contribution is 5.96. The van der Waals surface area contributed by atoms with Crippen LogP contribution < -0.4 is 4.74 Å². The fourth-order valence-corrected chi connectivity index (χ4v) is 3.17. The highest BCUT2D eigenvalue weighted by atomic mass is 16.5. The van der Waals surface area contributed by atoms with Crippen LogP contribution in [0.25, 0.3) is 5.65 Å². The molecule has 0 saturated carbocycles. The molecule has 0 aliphatic carbocycles. The smallest absolute Gasteiger partial charge is 0.181 e. The maximum absolute atomic E-state index is 12.7. The fourth-order valence-electron chi connectivity index (χ4n) is 3.17. The molecule has 0 atom stereocenters. The van der Waals surface area contributed by atoms with Gasteiger partial charge in [0.15, 0.2) is 5.78 Å². The molecule has 4 aromatic rings. The number of ketones is 1. The van der Waals surface area contributed by atoms with Crippen molar-refractivity contribution in [2.24, 2.45) is 0 Å². The number of aryl methyl sites for hydroxylation is 2. The highest BCUT2D eigenvalue weighted by Gasteiger charge is 2.16. The summed E-state index contributed by atoms with van der Waals surface area (Å²) in [6.45, 7) is 1.88. The van der Waals surface area contributed by atoms with Crippen molar-refractivity contribution in [3.63, 3.8) is 0 Å². The Labute approximate surface area is 158 Å². The first-order valence-corrected chi connectivity index (χ1v) is 8.99. The molecule has 0 unspecified atom stereocenters. The van der Waals surface area contributed by atoms with Crippen LogP contribution in [-0.4, -0.2) is 15.2 Å². The van der Waals surface area contributed by atoms with E-state index in [1.165, 1.54) is 0 Å². The fraction of sp³-hybridized carbons (Fsp3) is 0.130. The van der Waals surface area contributed by atoms with Crippen molar-refractivity contribution in [3.8, 4) is 11.5 Å². The quantitative estimate of drug-likeness (QED) is 0.443. The van der Waals surface area contributed by atoms with Gasteiger partial charge in [-0.1, -0.05) is 36.4 Å². The van der Waals surface area contributed by atoms with E-state index in [2.05, 4.69) is 4.98 Å². The first-order chi connectivity index (χ1) is 13.2. The van der Waals surface area contributed by atoms with Crippen molar-refractivity contribution in [3.05, 3.63) is 95.9 Å². The number of fused-ring (bicyclic) bond motifs is 1. The lowest BCUT2D eigenvalue weighted by Crippen LogP contribution is -2.06. The second kappa shape index (κ2) is 7.46. The summed E-state index contributed by atoms with van der Waals surface area (Å²) in [6.07, 6.45) is 3.02. The summed E-state index contributed by atoms with van der Waals surface area (Å²) in [7, 11) is 0. The summed E-state index contributed by atoms with van der Waals surface area (Å²) in [5.74, 6) is 1.70. The molecule has 0 spiro atoms. The lowest BCUT2D eigenvalue weighted by Gasteiger charge is -2.07. The zero-order chi connectivity index (χ0) is 18.6. The molecule has 0 fully saturated rings. The molecular weight excluding hydrogens is 336 g/mol. The van der Waals surface area contributed by atoms with Crippen molar-refractivity contribution >= 4 is 11.4 Å². The third kappa shape index (κ3) is 3.75. The third-order valence-corrected chi connectivity index (χ3v) is 4.51. The molecule has 2 heterocycles. The summed E-state index contributed by atoms with van der Waals surface area (Å²) < 4.78 is 7.67. The van der Waals surface area contributed by atoms with E-state index in [1.54, 1.807) is 0 Å². The van der Waals surface area contributed by atoms with Crippen LogP contribution >= 0.6 is 0 Å². The average Bonchev–Trinajstić information content (AvgIpc) is 3.04. The van der Waals surface area contributed by atoms with Gasteiger partial charge in [-0.2, -0.15) is 0 Å². The largest absolute Gasteiger partial charge is 0.457 e. The van der Waals surface area contributed by atoms with Crippen LogP contribution in [0.3, 0.4) is 0 Å². The van der Waals surface area contributed by atoms with E-state index in [0.717, 1.165) is 28.4 Å². The number of imidazole rings is 1. The third-order valence-electron chi connectivity index (χ3n) is 4.51. The van der Waals surface area contributed by atoms with Crippen molar-refractivity contribution in [1.29, 1.82) is 0 Å². The summed E-state index contributed by atoms with van der Waals surface area (Å²) in [4.78, 5) is 17.2. The minimum Gasteiger partial charge on any atom is -0.457 e. The van der Waals surface area contributed by atoms with Gasteiger partial charge in [-0.05, 0) is 55.3 Å². The van der Waals surface area contributed by atoms with Gasteiger partial charge in [-0.3, -0.25) is 9.20 Å². The van der Waals surface area contributed by atoms with E-state index in [1.807, 2.05) is 90.3 Å². The number of ether oxygens (including phenoxy) is 1. The Hall–Kier alpha value is -3.40. The molecular formula is C23H20N2O2. The number of carbonyl (C=O) groups excluding carboxylic acids is 1. The molecule has 4 nitrogen and oxygen atoms in total. The normalized spacial score (nSPS) is 10.9. The standard InChI is InChI=1S/C23H20N2O2/c1-17-23(25-16-6-5-9-22(25)24-17)21(26)15-12-18-10-13-20(14-11-18)27-19-7-3-2-4-8-19/h2-11,13-14,16H,12,15H2,1H3. The molecule has 4 rings (SSSR count). The number of hydrogen-bond acceptors (Lipinski definition) is 3. The Morgan fingerprint density at radius 2 is 1.63 bits per heavy atom. The summed E-state index contributed by atoms with van der Waals surface area (Å²) >= 11 is 0. The Balaban J connectivity index is 1.42. The monoisotopic (exact) mass is 356 g/mol. The molecule has 0 saturated heterocycles. The summed E-state index contributed by atoms with van der Waals surface area (Å²) in [6, 6.07) is 23.3. The molecule has 0 aliphatic rings. The number of aromatic nitrogens is 2. The zero-order valence-electron chi connectivity index (χ0n) is 15.1. The number of hydrogen-bond donors (Lipinski definition) is 0. The van der Waals surface area contributed by atoms with Gasteiger partial charge in [0, 0.05) is 12.6 Å². The SMILES string of the molecule is Cc1nc2ccccn2c1C(=O)CCc1ccc(Oc2ccccc2)cc1. The van der Waals surface area contributed by atoms with Crippen LogP contribution in [0, 0.1) is 6.92 Å². The van der Waals surface area contributed by atoms with Gasteiger partial charge in [-0.15, -0.1) is 0 Å². The molecule has 2 aromatic carbocycles. The topological polar surface area (TPSA) is 43.6 Å². The van der Waals surface area contributed by atoms with Gasteiger partial charge in [-0.25, -0.2) is 4.98 Å². The van der Waals surface area contributed by atoms with Gasteiger partial charge in [0.05, 0.1) is 5.69 Å². The molecule has 2 aromatic heterocycles. The van der Waals surface area contributed by atoms with Crippen LogP contribution in [0.1, 0.15) is 28.2 Å². The molecule has 134 valence electrons. The molecule has 27 heavy (non-hydrogen) atoms. The van der Waals surface area contributed by atoms with E-state index in [4.69, 9.17) is 4.74 Å². The second-order valence-electron chi connectivity index (χ2n) is 6.46. The molecule has 0 amide bonds. The van der Waals surface area contributed by atoms with E-state index in [9.17, 15) is 4.79 Å². The predicted octanol–water partition coefficient (Wildman–Crippen LogP) is 5.25. The maximum atomic E-state index is 12.7. The van der Waals surface area contributed by atoms with Gasteiger partial charge in [0.25, 0.3) is 0 Å². The van der Waals surface area contributed by atoms with Crippen LogP contribution in [0.5, 0.6) is 11.5 Å². The van der Waals surface area contributed by atoms with Gasteiger partial charge < -0.3 is 4.74 Å². The number of rotatable bonds is 6. The van der Waals surface area contributed by atoms with Gasteiger partial charge in [0.1, 0.15) is 22.8 Å². The van der Waals surface area contributed by atoms with Gasteiger partial charge in [0.2, 0.25) is 0 Å². The van der Waals surface area contributed by atoms with Crippen LogP contribution in [0.15, 0.2) is 79.0 Å². The molecule has 0 radical (unpaired) electrons. The molecule has 4 heteroatoms. The highest BCUT2D eigenvalue weighted by Crippen LogP contribution is 2.22. The van der Waals surface area contributed by atoms with Crippen molar-refractivity contribution in [2.75, 3.05) is 0 Å². The minimum absolute atomic E-state index is 0.107. The average molecular weight is 356 g/mol. The Bertz CT molecular complexity index is 1070. The number of benzene rings is 2. The minimum atomic E-state index is 0.107. The molecule has 0 bridgehead atoms. The lowest BCUT2D eigenvalue weighted by molar-refractivity contribution is 0.0976. The Morgan fingerprint density at radius 1 is 0.926 bits per heavy atom. The first kappa shape index (κ1) is 17.0. The number of pyridine rings is 1. The molecule has 0 N–H and O–H groups in total. The summed E-state index contributed by atoms with van der Waals surface area (Å²) in [5.41, 5.74) is 3.36. The van der Waals surface area contributed by atoms with Gasteiger partial charge >= 0.3 is 0 Å². The first-order valence-electron chi connectivity index (χ1n) is 8.99. The lowest BCUT2D eigenvalue weighted by atomic mass is 10.1. The van der Waals surface area contributed by atoms with Crippen LogP contribution in [0.4, 0.5) is 0 Å². The maximum Gasteiger partial charge on any atom is 0.181 e. The zero-order valence-corrected chi connectivity index (χ0v) is 15.1.